The molecule has 0 amide bonds. The first-order valence-corrected chi connectivity index (χ1v) is 12.3. The van der Waals surface area contributed by atoms with Gasteiger partial charge in [-0.05, 0) is 65.4 Å². The Hall–Kier alpha value is -4.14. The van der Waals surface area contributed by atoms with Crippen LogP contribution in [0.3, 0.4) is 0 Å². The van der Waals surface area contributed by atoms with E-state index in [1.165, 1.54) is 30.5 Å². The number of fused-ring (bicyclic) bond motifs is 1. The topological polar surface area (TPSA) is 111 Å². The predicted octanol–water partition coefficient (Wildman–Crippen LogP) is 4.09. The van der Waals surface area contributed by atoms with Crippen LogP contribution in [-0.4, -0.2) is 21.8 Å². The molecule has 38 heavy (non-hydrogen) atoms. The summed E-state index contributed by atoms with van der Waals surface area (Å²) in [6, 6.07) is 17.4. The molecule has 4 aromatic rings. The maximum absolute atomic E-state index is 13.2. The molecule has 5 rings (SSSR count). The van der Waals surface area contributed by atoms with Crippen LogP contribution in [0.5, 0.6) is 11.5 Å². The van der Waals surface area contributed by atoms with Gasteiger partial charge in [0.25, 0.3) is 0 Å². The van der Waals surface area contributed by atoms with Crippen LogP contribution in [0.2, 0.25) is 0 Å². The number of carbonyl (C=O) groups excluding carboxylic acids is 2. The fourth-order valence-electron chi connectivity index (χ4n) is 4.70. The molecule has 0 bridgehead atoms. The third kappa shape index (κ3) is 5.01. The van der Waals surface area contributed by atoms with Crippen molar-refractivity contribution in [3.05, 3.63) is 106 Å². The number of nitrogens with zero attached hydrogens (tertiary/aromatic N) is 1. The van der Waals surface area contributed by atoms with E-state index in [4.69, 9.17) is 4.74 Å². The molecule has 0 unspecified atom stereocenters. The number of ether oxygens (including phenoxy) is 1. The molecule has 0 saturated heterocycles. The Labute approximate surface area is 218 Å². The van der Waals surface area contributed by atoms with Crippen LogP contribution in [0, 0.1) is 16.4 Å². The second-order valence-electron chi connectivity index (χ2n) is 9.61. The van der Waals surface area contributed by atoms with Crippen LogP contribution < -0.4 is 9.47 Å². The number of hydrogen-bond acceptors (Lipinski definition) is 6. The van der Waals surface area contributed by atoms with Crippen molar-refractivity contribution in [2.45, 2.75) is 38.9 Å². The summed E-state index contributed by atoms with van der Waals surface area (Å²) < 4.78 is 19.8. The molecule has 7 nitrogen and oxygen atoms in total. The number of aliphatic hydroxyl groups is 2. The first-order chi connectivity index (χ1) is 18.3. The van der Waals surface area contributed by atoms with E-state index < -0.39 is 5.41 Å². The Balaban J connectivity index is 1.29. The molecule has 1 aliphatic rings. The summed E-state index contributed by atoms with van der Waals surface area (Å²) >= 11 is 0. The van der Waals surface area contributed by atoms with Crippen molar-refractivity contribution >= 4 is 22.5 Å². The standard InChI is InChI=1S/C30H26FNO6/c31-23-5-1-19(2-6-23)13-28(35)30(10-11-30)29(36)14-20-3-7-24(8-4-20)38-27-9-12-32(37)26-16-22(18-34)21(17-33)15-25(26)27/h1-9,12,15-16,33-34H,10-11,13-14,17-18H2. The lowest BCUT2D eigenvalue weighted by Crippen LogP contribution is -2.28. The lowest BCUT2D eigenvalue weighted by Gasteiger charge is -2.14. The van der Waals surface area contributed by atoms with Crippen molar-refractivity contribution in [3.63, 3.8) is 0 Å². The first-order valence-electron chi connectivity index (χ1n) is 12.3. The fraction of sp³-hybridized carbons (Fsp3) is 0.233. The monoisotopic (exact) mass is 515 g/mol. The quantitative estimate of drug-likeness (QED) is 0.187. The summed E-state index contributed by atoms with van der Waals surface area (Å²) in [7, 11) is 0. The van der Waals surface area contributed by atoms with Crippen LogP contribution in [0.25, 0.3) is 10.9 Å². The number of hydrogen-bond donors (Lipinski definition) is 2. The lowest BCUT2D eigenvalue weighted by atomic mass is 9.88. The number of Topliss-reactive ketones (excluding diaryl/α,β-unsaturated/α-hetero) is 2. The second-order valence-corrected chi connectivity index (χ2v) is 9.61. The molecule has 1 aliphatic carbocycles. The maximum Gasteiger partial charge on any atom is 0.227 e. The lowest BCUT2D eigenvalue weighted by molar-refractivity contribution is -0.577. The van der Waals surface area contributed by atoms with Crippen LogP contribution >= 0.6 is 0 Å². The molecule has 3 aromatic carbocycles. The van der Waals surface area contributed by atoms with Gasteiger partial charge in [0, 0.05) is 25.0 Å². The van der Waals surface area contributed by atoms with Crippen molar-refractivity contribution in [1.29, 1.82) is 0 Å². The molecule has 194 valence electrons. The zero-order chi connectivity index (χ0) is 26.9. The van der Waals surface area contributed by atoms with Crippen molar-refractivity contribution < 1.29 is 33.7 Å². The zero-order valence-electron chi connectivity index (χ0n) is 20.5. The van der Waals surface area contributed by atoms with Crippen molar-refractivity contribution in [2.24, 2.45) is 5.41 Å². The first kappa shape index (κ1) is 25.5. The fourth-order valence-corrected chi connectivity index (χ4v) is 4.70. The molecule has 0 aliphatic heterocycles. The van der Waals surface area contributed by atoms with Gasteiger partial charge in [-0.3, -0.25) is 9.59 Å². The highest BCUT2D eigenvalue weighted by Crippen LogP contribution is 2.48. The molecule has 0 spiro atoms. The Morgan fingerprint density at radius 2 is 1.42 bits per heavy atom. The number of ketones is 2. The number of carbonyl (C=O) groups is 2. The van der Waals surface area contributed by atoms with Gasteiger partial charge in [-0.25, -0.2) is 4.39 Å². The van der Waals surface area contributed by atoms with E-state index in [2.05, 4.69) is 0 Å². The summed E-state index contributed by atoms with van der Waals surface area (Å²) in [5, 5.41) is 32.0. The molecule has 8 heteroatoms. The summed E-state index contributed by atoms with van der Waals surface area (Å²) in [6.07, 6.45) is 2.58. The minimum Gasteiger partial charge on any atom is -0.618 e. The zero-order valence-corrected chi connectivity index (χ0v) is 20.5. The highest BCUT2D eigenvalue weighted by molar-refractivity contribution is 6.10. The Kier molecular flexibility index (Phi) is 6.93. The maximum atomic E-state index is 13.2. The number of aliphatic hydroxyl groups excluding tert-OH is 2. The molecule has 0 atom stereocenters. The SMILES string of the molecule is O=C(Cc1ccc(F)cc1)C1(C(=O)Cc2ccc(Oc3cc[n+]([O-])c4cc(CO)c(CO)cc34)cc2)CC1. The number of pyridine rings is 1. The number of halogens is 1. The van der Waals surface area contributed by atoms with E-state index in [-0.39, 0.29) is 43.4 Å². The van der Waals surface area contributed by atoms with Crippen LogP contribution in [0.4, 0.5) is 4.39 Å². The van der Waals surface area contributed by atoms with Gasteiger partial charge < -0.3 is 20.2 Å². The smallest absolute Gasteiger partial charge is 0.227 e. The Morgan fingerprint density at radius 1 is 0.868 bits per heavy atom. The molecule has 1 aromatic heterocycles. The Bertz CT molecular complexity index is 1510. The van der Waals surface area contributed by atoms with Crippen molar-refractivity contribution in [1.82, 2.24) is 0 Å². The van der Waals surface area contributed by atoms with Gasteiger partial charge in [0.15, 0.2) is 17.8 Å². The Morgan fingerprint density at radius 3 is 1.97 bits per heavy atom. The summed E-state index contributed by atoms with van der Waals surface area (Å²) in [5.41, 5.74) is 1.72. The third-order valence-corrected chi connectivity index (χ3v) is 7.13. The van der Waals surface area contributed by atoms with E-state index in [1.807, 2.05) is 0 Å². The minimum atomic E-state index is -0.960. The molecule has 0 radical (unpaired) electrons. The molecule has 1 heterocycles. The van der Waals surface area contributed by atoms with Crippen LogP contribution in [-0.2, 0) is 35.6 Å². The normalized spacial score (nSPS) is 13.9. The third-order valence-electron chi connectivity index (χ3n) is 7.13. The van der Waals surface area contributed by atoms with Crippen molar-refractivity contribution in [2.75, 3.05) is 0 Å². The van der Waals surface area contributed by atoms with Gasteiger partial charge in [0.1, 0.15) is 17.3 Å². The highest BCUT2D eigenvalue weighted by Gasteiger charge is 2.54. The summed E-state index contributed by atoms with van der Waals surface area (Å²) in [6.45, 7) is -0.605. The number of benzene rings is 3. The van der Waals surface area contributed by atoms with E-state index >= 15 is 0 Å². The predicted molar refractivity (Wildman–Crippen MR) is 137 cm³/mol. The molecular formula is C30H26FNO6. The number of rotatable bonds is 10. The van der Waals surface area contributed by atoms with Gasteiger partial charge >= 0.3 is 0 Å². The molecule has 1 fully saturated rings. The second kappa shape index (κ2) is 10.3. The highest BCUT2D eigenvalue weighted by atomic mass is 19.1. The van der Waals surface area contributed by atoms with Gasteiger partial charge in [0.2, 0.25) is 5.52 Å². The summed E-state index contributed by atoms with van der Waals surface area (Å²) in [5.74, 6) is 0.261. The number of aromatic nitrogens is 1. The van der Waals surface area contributed by atoms with E-state index in [0.717, 1.165) is 5.56 Å². The van der Waals surface area contributed by atoms with E-state index in [9.17, 15) is 29.4 Å². The molecular weight excluding hydrogens is 489 g/mol. The van der Waals surface area contributed by atoms with E-state index in [1.54, 1.807) is 42.5 Å². The van der Waals surface area contributed by atoms with Crippen LogP contribution in [0.15, 0.2) is 72.9 Å². The van der Waals surface area contributed by atoms with Gasteiger partial charge in [-0.1, -0.05) is 24.3 Å². The van der Waals surface area contributed by atoms with Gasteiger partial charge in [0.05, 0.1) is 24.0 Å². The van der Waals surface area contributed by atoms with Gasteiger partial charge in [-0.15, -0.1) is 0 Å². The van der Waals surface area contributed by atoms with E-state index in [0.29, 0.717) is 56.7 Å². The molecule has 1 saturated carbocycles. The van der Waals surface area contributed by atoms with Crippen molar-refractivity contribution in [3.8, 4) is 11.5 Å². The average molecular weight is 516 g/mol. The summed E-state index contributed by atoms with van der Waals surface area (Å²) in [4.78, 5) is 26.0. The minimum absolute atomic E-state index is 0.102. The largest absolute Gasteiger partial charge is 0.618 e. The average Bonchev–Trinajstić information content (AvgIpc) is 3.74. The molecule has 2 N–H and O–H groups in total. The van der Waals surface area contributed by atoms with Crippen LogP contribution in [0.1, 0.15) is 35.1 Å². The van der Waals surface area contributed by atoms with Gasteiger partial charge in [-0.2, -0.15) is 4.73 Å².